The van der Waals surface area contributed by atoms with Crippen molar-refractivity contribution in [3.05, 3.63) is 59.4 Å². The van der Waals surface area contributed by atoms with Crippen LogP contribution < -0.4 is 0 Å². The molecular formula is C16H18N2O2. The molecule has 1 amide bonds. The Kier molecular flexibility index (Phi) is 4.05. The summed E-state index contributed by atoms with van der Waals surface area (Å²) >= 11 is 0. The zero-order chi connectivity index (χ0) is 14.7. The van der Waals surface area contributed by atoms with Crippen molar-refractivity contribution < 1.29 is 10.0 Å². The number of carbonyl (C=O) groups is 1. The van der Waals surface area contributed by atoms with Gasteiger partial charge < -0.3 is 4.57 Å². The van der Waals surface area contributed by atoms with Gasteiger partial charge in [-0.05, 0) is 42.7 Å². The van der Waals surface area contributed by atoms with Gasteiger partial charge in [0.2, 0.25) is 0 Å². The molecule has 0 bridgehead atoms. The van der Waals surface area contributed by atoms with Gasteiger partial charge in [0.05, 0.1) is 5.69 Å². The van der Waals surface area contributed by atoms with E-state index in [1.807, 2.05) is 29.1 Å². The van der Waals surface area contributed by atoms with Crippen molar-refractivity contribution in [2.75, 3.05) is 7.05 Å². The van der Waals surface area contributed by atoms with Crippen molar-refractivity contribution in [2.24, 2.45) is 0 Å². The zero-order valence-electron chi connectivity index (χ0n) is 11.9. The van der Waals surface area contributed by atoms with E-state index in [0.29, 0.717) is 5.06 Å². The fraction of sp³-hybridized carbons (Fsp3) is 0.188. The number of amides is 1. The van der Waals surface area contributed by atoms with Crippen LogP contribution in [-0.2, 0) is 4.79 Å². The number of aryl methyl sites for hydroxylation is 2. The lowest BCUT2D eigenvalue weighted by Gasteiger charge is -2.10. The highest BCUT2D eigenvalue weighted by Crippen LogP contribution is 2.20. The molecule has 0 fully saturated rings. The van der Waals surface area contributed by atoms with Crippen molar-refractivity contribution in [1.82, 2.24) is 9.63 Å². The van der Waals surface area contributed by atoms with Gasteiger partial charge in [-0.2, -0.15) is 0 Å². The Morgan fingerprint density at radius 1 is 1.25 bits per heavy atom. The number of carbonyl (C=O) groups excluding carboxylic acids is 1. The van der Waals surface area contributed by atoms with Crippen LogP contribution in [0.25, 0.3) is 11.8 Å². The average Bonchev–Trinajstić information content (AvgIpc) is 2.84. The van der Waals surface area contributed by atoms with E-state index >= 15 is 0 Å². The lowest BCUT2D eigenvalue weighted by Crippen LogP contribution is -2.19. The molecule has 0 saturated carbocycles. The van der Waals surface area contributed by atoms with Crippen molar-refractivity contribution >= 4 is 12.0 Å². The Morgan fingerprint density at radius 3 is 2.50 bits per heavy atom. The van der Waals surface area contributed by atoms with E-state index in [1.165, 1.54) is 24.3 Å². The summed E-state index contributed by atoms with van der Waals surface area (Å²) in [5.41, 5.74) is 4.45. The van der Waals surface area contributed by atoms with Crippen LogP contribution in [0, 0.1) is 13.8 Å². The average molecular weight is 270 g/mol. The molecule has 0 aliphatic carbocycles. The van der Waals surface area contributed by atoms with E-state index in [1.54, 1.807) is 6.08 Å². The van der Waals surface area contributed by atoms with Crippen molar-refractivity contribution in [2.45, 2.75) is 13.8 Å². The van der Waals surface area contributed by atoms with Crippen LogP contribution in [0.2, 0.25) is 0 Å². The summed E-state index contributed by atoms with van der Waals surface area (Å²) in [5, 5.41) is 9.54. The molecule has 1 N–H and O–H groups in total. The van der Waals surface area contributed by atoms with Crippen LogP contribution in [0.4, 0.5) is 0 Å². The number of benzene rings is 1. The molecule has 4 heteroatoms. The Labute approximate surface area is 118 Å². The van der Waals surface area contributed by atoms with Crippen LogP contribution in [0.1, 0.15) is 16.7 Å². The quantitative estimate of drug-likeness (QED) is 0.529. The topological polar surface area (TPSA) is 45.5 Å². The van der Waals surface area contributed by atoms with Crippen molar-refractivity contribution in [3.63, 3.8) is 0 Å². The lowest BCUT2D eigenvalue weighted by atomic mass is 10.1. The maximum atomic E-state index is 11.3. The predicted molar refractivity (Wildman–Crippen MR) is 78.8 cm³/mol. The molecule has 0 aliphatic rings. The molecule has 0 spiro atoms. The van der Waals surface area contributed by atoms with Gasteiger partial charge in [0.25, 0.3) is 5.91 Å². The predicted octanol–water partition coefficient (Wildman–Crippen LogP) is 2.95. The fourth-order valence-electron chi connectivity index (χ4n) is 2.14. The normalized spacial score (nSPS) is 11.0. The molecule has 1 aromatic carbocycles. The number of nitrogens with zero attached hydrogens (tertiary/aromatic N) is 2. The lowest BCUT2D eigenvalue weighted by molar-refractivity contribution is -0.153. The Hall–Kier alpha value is -2.33. The molecule has 0 aliphatic heterocycles. The van der Waals surface area contributed by atoms with Gasteiger partial charge in [-0.25, -0.2) is 5.06 Å². The van der Waals surface area contributed by atoms with E-state index in [4.69, 9.17) is 5.21 Å². The van der Waals surface area contributed by atoms with Crippen LogP contribution in [-0.4, -0.2) is 27.8 Å². The fourth-order valence-corrected chi connectivity index (χ4v) is 2.14. The Bertz CT molecular complexity index is 634. The highest BCUT2D eigenvalue weighted by Gasteiger charge is 2.05. The maximum Gasteiger partial charge on any atom is 0.269 e. The molecular weight excluding hydrogens is 252 g/mol. The van der Waals surface area contributed by atoms with Gasteiger partial charge >= 0.3 is 0 Å². The minimum absolute atomic E-state index is 0.454. The summed E-state index contributed by atoms with van der Waals surface area (Å²) in [4.78, 5) is 11.3. The molecule has 0 atom stereocenters. The third kappa shape index (κ3) is 2.97. The first kappa shape index (κ1) is 14.1. The number of likely N-dealkylation sites (N-methyl/N-ethyl adjacent to an activating group) is 1. The van der Waals surface area contributed by atoms with Gasteiger partial charge in [0.1, 0.15) is 0 Å². The second-order valence-corrected chi connectivity index (χ2v) is 4.79. The Balaban J connectivity index is 2.28. The molecule has 2 aromatic rings. The standard InChI is InChI=1S/C16H18N2O2/c1-12-5-4-6-13(2)16(12)18-10-9-14(11-18)7-8-15(19)17(3)20/h4-11,20H,1-3H3. The molecule has 2 rings (SSSR count). The SMILES string of the molecule is Cc1cccc(C)c1-n1ccc(C=CC(=O)N(C)O)c1. The van der Waals surface area contributed by atoms with Crippen LogP contribution in [0.15, 0.2) is 42.7 Å². The number of hydroxylamine groups is 2. The molecule has 0 radical (unpaired) electrons. The summed E-state index contributed by atoms with van der Waals surface area (Å²) in [6.07, 6.45) is 6.93. The Morgan fingerprint density at radius 2 is 1.90 bits per heavy atom. The summed E-state index contributed by atoms with van der Waals surface area (Å²) in [5.74, 6) is -0.454. The van der Waals surface area contributed by atoms with Gasteiger partial charge in [-0.1, -0.05) is 18.2 Å². The minimum Gasteiger partial charge on any atom is -0.323 e. The largest absolute Gasteiger partial charge is 0.323 e. The number of para-hydroxylation sites is 1. The van der Waals surface area contributed by atoms with Gasteiger partial charge in [-0.3, -0.25) is 10.0 Å². The van der Waals surface area contributed by atoms with E-state index in [-0.39, 0.29) is 0 Å². The monoisotopic (exact) mass is 270 g/mol. The first-order valence-electron chi connectivity index (χ1n) is 6.38. The second-order valence-electron chi connectivity index (χ2n) is 4.79. The van der Waals surface area contributed by atoms with Gasteiger partial charge in [0.15, 0.2) is 0 Å². The van der Waals surface area contributed by atoms with Crippen LogP contribution >= 0.6 is 0 Å². The third-order valence-corrected chi connectivity index (χ3v) is 3.15. The first-order chi connectivity index (χ1) is 9.49. The zero-order valence-corrected chi connectivity index (χ0v) is 11.9. The number of hydrogen-bond donors (Lipinski definition) is 1. The van der Waals surface area contributed by atoms with E-state index in [2.05, 4.69) is 26.0 Å². The highest BCUT2D eigenvalue weighted by molar-refractivity contribution is 5.90. The van der Waals surface area contributed by atoms with Gasteiger partial charge in [0, 0.05) is 25.5 Å². The summed E-state index contributed by atoms with van der Waals surface area (Å²) in [6.45, 7) is 4.14. The molecule has 0 unspecified atom stereocenters. The number of rotatable bonds is 3. The van der Waals surface area contributed by atoms with E-state index in [0.717, 1.165) is 11.3 Å². The van der Waals surface area contributed by atoms with Crippen molar-refractivity contribution in [1.29, 1.82) is 0 Å². The summed E-state index contributed by atoms with van der Waals surface area (Å²) in [7, 11) is 1.30. The van der Waals surface area contributed by atoms with Crippen LogP contribution in [0.3, 0.4) is 0 Å². The van der Waals surface area contributed by atoms with E-state index < -0.39 is 5.91 Å². The highest BCUT2D eigenvalue weighted by atomic mass is 16.5. The van der Waals surface area contributed by atoms with Crippen LogP contribution in [0.5, 0.6) is 0 Å². The molecule has 20 heavy (non-hydrogen) atoms. The first-order valence-corrected chi connectivity index (χ1v) is 6.38. The smallest absolute Gasteiger partial charge is 0.269 e. The summed E-state index contributed by atoms with van der Waals surface area (Å²) < 4.78 is 2.04. The molecule has 0 saturated heterocycles. The third-order valence-electron chi connectivity index (χ3n) is 3.15. The number of hydrogen-bond acceptors (Lipinski definition) is 2. The molecule has 1 heterocycles. The second kappa shape index (κ2) is 5.75. The maximum absolute atomic E-state index is 11.3. The van der Waals surface area contributed by atoms with Crippen molar-refractivity contribution in [3.8, 4) is 5.69 Å². The molecule has 4 nitrogen and oxygen atoms in total. The van der Waals surface area contributed by atoms with E-state index in [9.17, 15) is 4.79 Å². The minimum atomic E-state index is -0.454. The summed E-state index contributed by atoms with van der Waals surface area (Å²) in [6, 6.07) is 8.10. The molecule has 1 aromatic heterocycles. The molecule has 104 valence electrons. The van der Waals surface area contributed by atoms with Gasteiger partial charge in [-0.15, -0.1) is 0 Å². The number of aromatic nitrogens is 1.